The molecule has 0 saturated carbocycles. The molecular weight excluding hydrogens is 281 g/mol. The second-order valence-corrected chi connectivity index (χ2v) is 4.88. The molecule has 112 valence electrons. The van der Waals surface area contributed by atoms with E-state index in [0.717, 1.165) is 18.7 Å². The lowest BCUT2D eigenvalue weighted by Gasteiger charge is -2.13. The Balaban J connectivity index is 2.65. The van der Waals surface area contributed by atoms with Gasteiger partial charge >= 0.3 is 6.18 Å². The summed E-state index contributed by atoms with van der Waals surface area (Å²) in [6, 6.07) is 3.73. The average molecular weight is 296 g/mol. The van der Waals surface area contributed by atoms with E-state index < -0.39 is 11.7 Å². The second-order valence-electron chi connectivity index (χ2n) is 4.88. The van der Waals surface area contributed by atoms with Gasteiger partial charge in [-0.05, 0) is 19.4 Å². The van der Waals surface area contributed by atoms with Gasteiger partial charge in [0.25, 0.3) is 0 Å². The van der Waals surface area contributed by atoms with Crippen molar-refractivity contribution < 1.29 is 13.2 Å². The fourth-order valence-electron chi connectivity index (χ4n) is 2.14. The lowest BCUT2D eigenvalue weighted by molar-refractivity contribution is -0.137. The molecule has 0 aliphatic carbocycles. The Labute approximate surface area is 119 Å². The normalized spacial score (nSPS) is 11.7. The lowest BCUT2D eigenvalue weighted by atomic mass is 10.0. The van der Waals surface area contributed by atoms with Crippen molar-refractivity contribution in [3.05, 3.63) is 51.6 Å². The van der Waals surface area contributed by atoms with Crippen molar-refractivity contribution in [2.24, 2.45) is 0 Å². The summed E-state index contributed by atoms with van der Waals surface area (Å²) < 4.78 is 38.5. The maximum atomic E-state index is 12.8. The molecule has 1 N–H and O–H groups in total. The van der Waals surface area contributed by atoms with E-state index >= 15 is 0 Å². The van der Waals surface area contributed by atoms with Crippen molar-refractivity contribution in [1.29, 1.82) is 0 Å². The topological polar surface area (TPSA) is 45.8 Å². The standard InChI is InChI=1S/C15H15F3N2O/c1-3-4-13-12(6-10(8-19-13)15(16,17)18)14-7-11(21)5-9(2)20-14/h5-8H,3-4H2,1-2H3,(H,20,21). The minimum atomic E-state index is -4.46. The third kappa shape index (κ3) is 3.51. The number of alkyl halides is 3. The van der Waals surface area contributed by atoms with Gasteiger partial charge in [0, 0.05) is 35.3 Å². The quantitative estimate of drug-likeness (QED) is 0.938. The Hall–Kier alpha value is -2.11. The number of hydrogen-bond donors (Lipinski definition) is 1. The number of nitrogens with one attached hydrogen (secondary N) is 1. The zero-order valence-electron chi connectivity index (χ0n) is 11.7. The Morgan fingerprint density at radius 2 is 1.95 bits per heavy atom. The van der Waals surface area contributed by atoms with Crippen molar-refractivity contribution >= 4 is 0 Å². The molecule has 0 bridgehead atoms. The highest BCUT2D eigenvalue weighted by Crippen LogP contribution is 2.32. The molecule has 0 fully saturated rings. The number of halogens is 3. The summed E-state index contributed by atoms with van der Waals surface area (Å²) in [6.45, 7) is 3.60. The van der Waals surface area contributed by atoms with E-state index in [9.17, 15) is 18.0 Å². The second kappa shape index (κ2) is 5.71. The van der Waals surface area contributed by atoms with Gasteiger partial charge in [-0.25, -0.2) is 0 Å². The van der Waals surface area contributed by atoms with Crippen LogP contribution in [0.15, 0.2) is 29.2 Å². The number of aryl methyl sites for hydroxylation is 2. The number of aromatic nitrogens is 2. The van der Waals surface area contributed by atoms with Gasteiger partial charge in [0.15, 0.2) is 5.43 Å². The molecule has 2 aromatic rings. The summed E-state index contributed by atoms with van der Waals surface area (Å²) in [6.07, 6.45) is -2.33. The van der Waals surface area contributed by atoms with Crippen LogP contribution in [-0.4, -0.2) is 9.97 Å². The van der Waals surface area contributed by atoms with Crippen molar-refractivity contribution in [1.82, 2.24) is 9.97 Å². The van der Waals surface area contributed by atoms with Crippen LogP contribution in [0.3, 0.4) is 0 Å². The summed E-state index contributed by atoms with van der Waals surface area (Å²) in [5.74, 6) is 0. The van der Waals surface area contributed by atoms with E-state index in [2.05, 4.69) is 9.97 Å². The zero-order chi connectivity index (χ0) is 15.6. The van der Waals surface area contributed by atoms with Gasteiger partial charge in [0.2, 0.25) is 0 Å². The molecule has 0 aromatic carbocycles. The summed E-state index contributed by atoms with van der Waals surface area (Å²) in [7, 11) is 0. The molecule has 0 aliphatic rings. The first-order valence-electron chi connectivity index (χ1n) is 6.58. The van der Waals surface area contributed by atoms with E-state index in [1.54, 1.807) is 6.92 Å². The van der Waals surface area contributed by atoms with Crippen LogP contribution in [0, 0.1) is 6.92 Å². The fourth-order valence-corrected chi connectivity index (χ4v) is 2.14. The number of aromatic amines is 1. The minimum absolute atomic E-state index is 0.249. The van der Waals surface area contributed by atoms with Crippen molar-refractivity contribution in [2.75, 3.05) is 0 Å². The molecule has 0 amide bonds. The average Bonchev–Trinajstić information content (AvgIpc) is 2.37. The van der Waals surface area contributed by atoms with Gasteiger partial charge in [0.05, 0.1) is 11.3 Å². The molecule has 21 heavy (non-hydrogen) atoms. The van der Waals surface area contributed by atoms with E-state index in [-0.39, 0.29) is 5.43 Å². The van der Waals surface area contributed by atoms with Crippen LogP contribution in [0.1, 0.15) is 30.3 Å². The molecule has 3 nitrogen and oxygen atoms in total. The van der Waals surface area contributed by atoms with Gasteiger partial charge in [-0.3, -0.25) is 9.78 Å². The highest BCUT2D eigenvalue weighted by Gasteiger charge is 2.31. The molecule has 2 rings (SSSR count). The van der Waals surface area contributed by atoms with Gasteiger partial charge in [-0.15, -0.1) is 0 Å². The molecule has 2 aromatic heterocycles. The molecule has 0 radical (unpaired) electrons. The van der Waals surface area contributed by atoms with Gasteiger partial charge in [-0.1, -0.05) is 13.3 Å². The number of H-pyrrole nitrogens is 1. The van der Waals surface area contributed by atoms with E-state index in [1.165, 1.54) is 12.1 Å². The van der Waals surface area contributed by atoms with Crippen molar-refractivity contribution in [2.45, 2.75) is 32.9 Å². The molecule has 0 aliphatic heterocycles. The van der Waals surface area contributed by atoms with Crippen LogP contribution >= 0.6 is 0 Å². The molecule has 0 spiro atoms. The summed E-state index contributed by atoms with van der Waals surface area (Å²) >= 11 is 0. The van der Waals surface area contributed by atoms with Crippen LogP contribution < -0.4 is 5.43 Å². The predicted molar refractivity (Wildman–Crippen MR) is 74.0 cm³/mol. The van der Waals surface area contributed by atoms with E-state index in [1.807, 2.05) is 6.92 Å². The molecule has 6 heteroatoms. The number of pyridine rings is 2. The summed E-state index contributed by atoms with van der Waals surface area (Å²) in [5, 5.41) is 0. The number of rotatable bonds is 3. The Morgan fingerprint density at radius 3 is 2.52 bits per heavy atom. The van der Waals surface area contributed by atoms with Gasteiger partial charge < -0.3 is 4.98 Å². The summed E-state index contributed by atoms with van der Waals surface area (Å²) in [5.41, 5.74) is 0.763. The van der Waals surface area contributed by atoms with Gasteiger partial charge in [0.1, 0.15) is 0 Å². The van der Waals surface area contributed by atoms with Crippen molar-refractivity contribution in [3.8, 4) is 11.3 Å². The SMILES string of the molecule is CCCc1ncc(C(F)(F)F)cc1-c1cc(=O)cc(C)[nH]1. The Morgan fingerprint density at radius 1 is 1.24 bits per heavy atom. The Kier molecular flexibility index (Phi) is 4.16. The highest BCUT2D eigenvalue weighted by molar-refractivity contribution is 5.63. The van der Waals surface area contributed by atoms with E-state index in [4.69, 9.17) is 0 Å². The van der Waals surface area contributed by atoms with Crippen LogP contribution in [0.5, 0.6) is 0 Å². The first kappa shape index (κ1) is 15.3. The number of nitrogens with zero attached hydrogens (tertiary/aromatic N) is 1. The zero-order valence-corrected chi connectivity index (χ0v) is 11.7. The fraction of sp³-hybridized carbons (Fsp3) is 0.333. The molecule has 0 unspecified atom stereocenters. The maximum absolute atomic E-state index is 12.8. The largest absolute Gasteiger partial charge is 0.417 e. The Bertz CT molecular complexity index is 705. The molecular formula is C15H15F3N2O. The molecule has 0 atom stereocenters. The molecule has 0 saturated heterocycles. The monoisotopic (exact) mass is 296 g/mol. The van der Waals surface area contributed by atoms with E-state index in [0.29, 0.717) is 29.1 Å². The van der Waals surface area contributed by atoms with Crippen molar-refractivity contribution in [3.63, 3.8) is 0 Å². The van der Waals surface area contributed by atoms with Crippen LogP contribution in [0.4, 0.5) is 13.2 Å². The lowest BCUT2D eigenvalue weighted by Crippen LogP contribution is -2.09. The van der Waals surface area contributed by atoms with Gasteiger partial charge in [-0.2, -0.15) is 13.2 Å². The highest BCUT2D eigenvalue weighted by atomic mass is 19.4. The predicted octanol–water partition coefficient (Wildman–Crippen LogP) is 3.72. The summed E-state index contributed by atoms with van der Waals surface area (Å²) in [4.78, 5) is 18.4. The first-order valence-corrected chi connectivity index (χ1v) is 6.58. The number of hydrogen-bond acceptors (Lipinski definition) is 2. The van der Waals surface area contributed by atoms with Crippen LogP contribution in [0.25, 0.3) is 11.3 Å². The van der Waals surface area contributed by atoms with Crippen LogP contribution in [-0.2, 0) is 12.6 Å². The third-order valence-electron chi connectivity index (χ3n) is 3.05. The minimum Gasteiger partial charge on any atom is -0.358 e. The van der Waals surface area contributed by atoms with Crippen LogP contribution in [0.2, 0.25) is 0 Å². The first-order chi connectivity index (χ1) is 9.81. The molecule has 2 heterocycles. The third-order valence-corrected chi connectivity index (χ3v) is 3.05. The smallest absolute Gasteiger partial charge is 0.358 e. The maximum Gasteiger partial charge on any atom is 0.417 e.